The predicted molar refractivity (Wildman–Crippen MR) is 64.4 cm³/mol. The minimum absolute atomic E-state index is 0.211. The maximum Gasteiger partial charge on any atom is 0.140 e. The first-order valence-corrected chi connectivity index (χ1v) is 6.27. The summed E-state index contributed by atoms with van der Waals surface area (Å²) < 4.78 is 2.16. The molecule has 4 heteroatoms. The molecule has 1 unspecified atom stereocenters. The highest BCUT2D eigenvalue weighted by atomic mass is 15.3. The Morgan fingerprint density at radius 2 is 2.25 bits per heavy atom. The smallest absolute Gasteiger partial charge is 0.140 e. The van der Waals surface area contributed by atoms with Gasteiger partial charge in [-0.1, -0.05) is 13.3 Å². The second-order valence-electron chi connectivity index (χ2n) is 4.94. The maximum atomic E-state index is 4.40. The molecule has 16 heavy (non-hydrogen) atoms. The first-order valence-electron chi connectivity index (χ1n) is 6.27. The highest BCUT2D eigenvalue weighted by Crippen LogP contribution is 2.34. The molecule has 1 aromatic rings. The van der Waals surface area contributed by atoms with E-state index in [1.54, 1.807) is 0 Å². The van der Waals surface area contributed by atoms with Crippen LogP contribution in [0.1, 0.15) is 44.3 Å². The quantitative estimate of drug-likeness (QED) is 0.843. The van der Waals surface area contributed by atoms with Crippen molar-refractivity contribution in [2.75, 3.05) is 13.1 Å². The Morgan fingerprint density at radius 3 is 2.75 bits per heavy atom. The Morgan fingerprint density at radius 1 is 1.44 bits per heavy atom. The van der Waals surface area contributed by atoms with Gasteiger partial charge in [0, 0.05) is 19.0 Å². The van der Waals surface area contributed by atoms with Crippen molar-refractivity contribution in [3.05, 3.63) is 11.6 Å². The van der Waals surface area contributed by atoms with E-state index in [2.05, 4.69) is 34.1 Å². The summed E-state index contributed by atoms with van der Waals surface area (Å²) in [7, 11) is 2.08. The molecule has 2 rings (SSSR count). The molecule has 1 N–H and O–H groups in total. The van der Waals surface area contributed by atoms with Crippen LogP contribution in [0.15, 0.2) is 0 Å². The first-order chi connectivity index (χ1) is 7.69. The number of hydrogen-bond acceptors (Lipinski definition) is 3. The van der Waals surface area contributed by atoms with Crippen LogP contribution in [0.2, 0.25) is 0 Å². The number of nitrogens with one attached hydrogen (secondary N) is 1. The van der Waals surface area contributed by atoms with Gasteiger partial charge < -0.3 is 9.88 Å². The van der Waals surface area contributed by atoms with Gasteiger partial charge >= 0.3 is 0 Å². The highest BCUT2D eigenvalue weighted by Gasteiger charge is 2.37. The van der Waals surface area contributed by atoms with Crippen molar-refractivity contribution in [1.29, 1.82) is 0 Å². The fourth-order valence-electron chi connectivity index (χ4n) is 2.83. The lowest BCUT2D eigenvalue weighted by molar-refractivity contribution is 0.269. The zero-order valence-electron chi connectivity index (χ0n) is 10.6. The van der Waals surface area contributed by atoms with E-state index in [0.717, 1.165) is 18.9 Å². The Kier molecular flexibility index (Phi) is 3.28. The molecule has 1 atom stereocenters. The van der Waals surface area contributed by atoms with Gasteiger partial charge in [0.1, 0.15) is 11.6 Å². The van der Waals surface area contributed by atoms with Gasteiger partial charge in [0.25, 0.3) is 0 Å². The fraction of sp³-hybridized carbons (Fsp3) is 0.833. The lowest BCUT2D eigenvalue weighted by atomic mass is 9.76. The number of piperidine rings is 1. The summed E-state index contributed by atoms with van der Waals surface area (Å²) in [5, 5.41) is 12.1. The molecule has 0 spiro atoms. The van der Waals surface area contributed by atoms with Crippen LogP contribution in [0.5, 0.6) is 0 Å². The van der Waals surface area contributed by atoms with Crippen LogP contribution in [0.25, 0.3) is 0 Å². The van der Waals surface area contributed by atoms with Crippen molar-refractivity contribution in [1.82, 2.24) is 20.1 Å². The van der Waals surface area contributed by atoms with Crippen LogP contribution in [0, 0.1) is 6.92 Å². The molecule has 0 aliphatic carbocycles. The number of aryl methyl sites for hydroxylation is 1. The van der Waals surface area contributed by atoms with E-state index in [9.17, 15) is 0 Å². The highest BCUT2D eigenvalue weighted by molar-refractivity contribution is 5.12. The van der Waals surface area contributed by atoms with E-state index < -0.39 is 0 Å². The van der Waals surface area contributed by atoms with Crippen molar-refractivity contribution in [3.63, 3.8) is 0 Å². The summed E-state index contributed by atoms with van der Waals surface area (Å²) in [5.74, 6) is 2.18. The molecule has 1 aliphatic heterocycles. The summed E-state index contributed by atoms with van der Waals surface area (Å²) >= 11 is 0. The predicted octanol–water partition coefficient (Wildman–Crippen LogP) is 1.54. The van der Waals surface area contributed by atoms with Gasteiger partial charge in [-0.05, 0) is 32.7 Å². The second-order valence-corrected chi connectivity index (χ2v) is 4.94. The van der Waals surface area contributed by atoms with Crippen molar-refractivity contribution < 1.29 is 0 Å². The average molecular weight is 222 g/mol. The van der Waals surface area contributed by atoms with Crippen LogP contribution in [0.3, 0.4) is 0 Å². The number of hydrogen-bond donors (Lipinski definition) is 1. The first kappa shape index (κ1) is 11.6. The summed E-state index contributed by atoms with van der Waals surface area (Å²) in [5.41, 5.74) is 0.211. The molecule has 1 aliphatic rings. The molecule has 1 saturated heterocycles. The number of nitrogens with zero attached hydrogens (tertiary/aromatic N) is 3. The minimum atomic E-state index is 0.211. The van der Waals surface area contributed by atoms with Gasteiger partial charge in [0.05, 0.1) is 0 Å². The van der Waals surface area contributed by atoms with Gasteiger partial charge in [0.2, 0.25) is 0 Å². The lowest BCUT2D eigenvalue weighted by Gasteiger charge is -2.36. The summed E-state index contributed by atoms with van der Waals surface area (Å²) in [6.45, 7) is 6.46. The topological polar surface area (TPSA) is 42.7 Å². The van der Waals surface area contributed by atoms with Gasteiger partial charge in [-0.25, -0.2) is 0 Å². The zero-order chi connectivity index (χ0) is 11.6. The summed E-state index contributed by atoms with van der Waals surface area (Å²) in [4.78, 5) is 0. The van der Waals surface area contributed by atoms with E-state index in [0.29, 0.717) is 0 Å². The Bertz CT molecular complexity index is 344. The molecular weight excluding hydrogens is 200 g/mol. The van der Waals surface area contributed by atoms with Crippen LogP contribution in [-0.4, -0.2) is 27.9 Å². The molecule has 0 bridgehead atoms. The Hall–Kier alpha value is -0.900. The molecule has 2 heterocycles. The van der Waals surface area contributed by atoms with E-state index in [1.807, 2.05) is 6.92 Å². The molecule has 4 nitrogen and oxygen atoms in total. The van der Waals surface area contributed by atoms with Crippen molar-refractivity contribution in [2.24, 2.45) is 7.05 Å². The molecule has 1 fully saturated rings. The summed E-state index contributed by atoms with van der Waals surface area (Å²) in [6.07, 6.45) is 4.88. The van der Waals surface area contributed by atoms with Gasteiger partial charge in [-0.2, -0.15) is 0 Å². The average Bonchev–Trinajstić information content (AvgIpc) is 2.62. The maximum absolute atomic E-state index is 4.40. The van der Waals surface area contributed by atoms with Crippen LogP contribution < -0.4 is 5.32 Å². The van der Waals surface area contributed by atoms with Crippen molar-refractivity contribution >= 4 is 0 Å². The molecule has 0 radical (unpaired) electrons. The third-order valence-corrected chi connectivity index (χ3v) is 3.77. The zero-order valence-corrected chi connectivity index (χ0v) is 10.6. The fourth-order valence-corrected chi connectivity index (χ4v) is 2.83. The largest absolute Gasteiger partial charge is 0.318 e. The van der Waals surface area contributed by atoms with E-state index >= 15 is 0 Å². The SMILES string of the molecule is CCCC1(c2nnc(C)n2C)CCCNC1. The van der Waals surface area contributed by atoms with Crippen LogP contribution in [-0.2, 0) is 12.5 Å². The molecule has 0 amide bonds. The Labute approximate surface area is 97.5 Å². The minimum Gasteiger partial charge on any atom is -0.318 e. The third-order valence-electron chi connectivity index (χ3n) is 3.77. The molecule has 0 saturated carbocycles. The van der Waals surface area contributed by atoms with Crippen LogP contribution in [0.4, 0.5) is 0 Å². The standard InChI is InChI=1S/C12H22N4/c1-4-6-12(7-5-8-13-9-12)11-15-14-10(2)16(11)3/h13H,4-9H2,1-3H3. The van der Waals surface area contributed by atoms with Gasteiger partial charge in [-0.3, -0.25) is 0 Å². The van der Waals surface area contributed by atoms with E-state index in [4.69, 9.17) is 0 Å². The van der Waals surface area contributed by atoms with Crippen molar-refractivity contribution in [2.45, 2.75) is 44.9 Å². The lowest BCUT2D eigenvalue weighted by Crippen LogP contribution is -2.45. The Balaban J connectivity index is 2.34. The number of rotatable bonds is 3. The second kappa shape index (κ2) is 4.53. The summed E-state index contributed by atoms with van der Waals surface area (Å²) in [6, 6.07) is 0. The van der Waals surface area contributed by atoms with E-state index in [1.165, 1.54) is 31.5 Å². The molecule has 0 aromatic carbocycles. The molecule has 90 valence electrons. The van der Waals surface area contributed by atoms with Crippen molar-refractivity contribution in [3.8, 4) is 0 Å². The normalized spacial score (nSPS) is 25.9. The van der Waals surface area contributed by atoms with Gasteiger partial charge in [-0.15, -0.1) is 10.2 Å². The monoisotopic (exact) mass is 222 g/mol. The van der Waals surface area contributed by atoms with Gasteiger partial charge in [0.15, 0.2) is 0 Å². The molecular formula is C12H22N4. The third kappa shape index (κ3) is 1.86. The number of aromatic nitrogens is 3. The molecule has 1 aromatic heterocycles. The van der Waals surface area contributed by atoms with Crippen LogP contribution >= 0.6 is 0 Å². The van der Waals surface area contributed by atoms with E-state index in [-0.39, 0.29) is 5.41 Å².